The van der Waals surface area contributed by atoms with Crippen LogP contribution < -0.4 is 5.32 Å². The molecule has 1 aliphatic heterocycles. The number of amides is 2. The molecule has 4 nitrogen and oxygen atoms in total. The molecule has 2 amide bonds. The molecular formula is C16H19ClN2O2. The first-order valence-corrected chi connectivity index (χ1v) is 7.82. The molecule has 1 aromatic rings. The van der Waals surface area contributed by atoms with E-state index in [9.17, 15) is 9.59 Å². The second kappa shape index (κ2) is 5.68. The van der Waals surface area contributed by atoms with Crippen molar-refractivity contribution in [3.63, 3.8) is 0 Å². The minimum Gasteiger partial charge on any atom is -0.372 e. The van der Waals surface area contributed by atoms with Crippen LogP contribution in [0.15, 0.2) is 18.2 Å². The van der Waals surface area contributed by atoms with Crippen molar-refractivity contribution in [2.75, 3.05) is 5.32 Å². The van der Waals surface area contributed by atoms with E-state index in [1.165, 1.54) is 4.90 Å². The molecule has 1 unspecified atom stereocenters. The number of halogens is 1. The van der Waals surface area contributed by atoms with Gasteiger partial charge in [-0.1, -0.05) is 30.5 Å². The number of carbonyl (C=O) groups is 2. The Labute approximate surface area is 129 Å². The van der Waals surface area contributed by atoms with Crippen molar-refractivity contribution in [2.45, 2.75) is 51.1 Å². The van der Waals surface area contributed by atoms with E-state index in [0.29, 0.717) is 10.7 Å². The molecule has 1 aromatic carbocycles. The summed E-state index contributed by atoms with van der Waals surface area (Å²) in [6, 6.07) is 5.25. The van der Waals surface area contributed by atoms with Gasteiger partial charge in [-0.3, -0.25) is 14.5 Å². The van der Waals surface area contributed by atoms with Crippen LogP contribution in [-0.4, -0.2) is 28.8 Å². The molecule has 1 N–H and O–H groups in total. The van der Waals surface area contributed by atoms with Crippen LogP contribution in [0.1, 0.15) is 37.7 Å². The molecule has 1 saturated heterocycles. The summed E-state index contributed by atoms with van der Waals surface area (Å²) >= 11 is 6.18. The number of hydrogen-bond acceptors (Lipinski definition) is 3. The number of imide groups is 1. The molecule has 0 aromatic heterocycles. The number of benzene rings is 1. The van der Waals surface area contributed by atoms with Crippen LogP contribution in [0.4, 0.5) is 5.69 Å². The lowest BCUT2D eigenvalue weighted by molar-refractivity contribution is -0.141. The van der Waals surface area contributed by atoms with Crippen LogP contribution in [0, 0.1) is 6.92 Å². The second-order valence-corrected chi connectivity index (χ2v) is 6.33. The molecule has 2 aliphatic rings. The number of nitrogens with zero attached hydrogens (tertiary/aromatic N) is 1. The Morgan fingerprint density at radius 2 is 1.95 bits per heavy atom. The maximum Gasteiger partial charge on any atom is 0.252 e. The monoisotopic (exact) mass is 306 g/mol. The third-order valence-corrected chi connectivity index (χ3v) is 4.64. The van der Waals surface area contributed by atoms with Crippen LogP contribution in [0.3, 0.4) is 0 Å². The highest BCUT2D eigenvalue weighted by Gasteiger charge is 2.43. The first kappa shape index (κ1) is 14.4. The number of likely N-dealkylation sites (tertiary alicyclic amines) is 1. The lowest BCUT2D eigenvalue weighted by Gasteiger charge is -2.22. The largest absolute Gasteiger partial charge is 0.372 e. The van der Waals surface area contributed by atoms with Gasteiger partial charge in [0, 0.05) is 6.04 Å². The lowest BCUT2D eigenvalue weighted by atomic mass is 10.2. The minimum atomic E-state index is -0.488. The van der Waals surface area contributed by atoms with Gasteiger partial charge in [0.1, 0.15) is 6.04 Å². The van der Waals surface area contributed by atoms with Gasteiger partial charge in [0.2, 0.25) is 5.91 Å². The predicted molar refractivity (Wildman–Crippen MR) is 82.3 cm³/mol. The molecule has 1 heterocycles. The average molecular weight is 307 g/mol. The third-order valence-electron chi connectivity index (χ3n) is 4.33. The summed E-state index contributed by atoms with van der Waals surface area (Å²) in [6.45, 7) is 1.96. The van der Waals surface area contributed by atoms with Crippen molar-refractivity contribution in [3.05, 3.63) is 28.8 Å². The number of hydrogen-bond donors (Lipinski definition) is 1. The zero-order valence-corrected chi connectivity index (χ0v) is 12.8. The van der Waals surface area contributed by atoms with Crippen LogP contribution in [-0.2, 0) is 9.59 Å². The van der Waals surface area contributed by atoms with Crippen LogP contribution in [0.2, 0.25) is 5.02 Å². The standard InChI is InChI=1S/C16H19ClN2O2/c1-10-6-7-13(12(17)8-10)18-14-9-15(20)19(16(14)21)11-4-2-3-5-11/h6-8,11,14,18H,2-5,9H2,1H3. The highest BCUT2D eigenvalue weighted by atomic mass is 35.5. The molecule has 2 fully saturated rings. The second-order valence-electron chi connectivity index (χ2n) is 5.92. The number of rotatable bonds is 3. The molecule has 112 valence electrons. The highest BCUT2D eigenvalue weighted by molar-refractivity contribution is 6.33. The highest BCUT2D eigenvalue weighted by Crippen LogP contribution is 2.30. The summed E-state index contributed by atoms with van der Waals surface area (Å²) in [5.41, 5.74) is 1.77. The van der Waals surface area contributed by atoms with E-state index in [1.54, 1.807) is 0 Å². The van der Waals surface area contributed by atoms with E-state index >= 15 is 0 Å². The molecular weight excluding hydrogens is 288 g/mol. The summed E-state index contributed by atoms with van der Waals surface area (Å²) in [5.74, 6) is -0.170. The molecule has 1 atom stereocenters. The Balaban J connectivity index is 1.75. The van der Waals surface area contributed by atoms with Crippen molar-refractivity contribution < 1.29 is 9.59 Å². The molecule has 1 aliphatic carbocycles. The Morgan fingerprint density at radius 1 is 1.24 bits per heavy atom. The van der Waals surface area contributed by atoms with Gasteiger partial charge in [0.25, 0.3) is 5.91 Å². The van der Waals surface area contributed by atoms with E-state index in [0.717, 1.165) is 31.2 Å². The number of nitrogens with one attached hydrogen (secondary N) is 1. The fraction of sp³-hybridized carbons (Fsp3) is 0.500. The van der Waals surface area contributed by atoms with Crippen molar-refractivity contribution in [3.8, 4) is 0 Å². The molecule has 0 spiro atoms. The quantitative estimate of drug-likeness (QED) is 0.873. The predicted octanol–water partition coefficient (Wildman–Crippen LogP) is 3.13. The molecule has 3 rings (SSSR count). The average Bonchev–Trinajstić information content (AvgIpc) is 3.02. The van der Waals surface area contributed by atoms with Crippen LogP contribution >= 0.6 is 11.6 Å². The maximum absolute atomic E-state index is 12.5. The molecule has 1 saturated carbocycles. The van der Waals surface area contributed by atoms with Crippen LogP contribution in [0.25, 0.3) is 0 Å². The van der Waals surface area contributed by atoms with Crippen molar-refractivity contribution >= 4 is 29.1 Å². The van der Waals surface area contributed by atoms with Gasteiger partial charge < -0.3 is 5.32 Å². The Morgan fingerprint density at radius 3 is 2.62 bits per heavy atom. The minimum absolute atomic E-state index is 0.0624. The van der Waals surface area contributed by atoms with Gasteiger partial charge in [-0.05, 0) is 37.5 Å². The van der Waals surface area contributed by atoms with Gasteiger partial charge >= 0.3 is 0 Å². The van der Waals surface area contributed by atoms with Crippen molar-refractivity contribution in [1.82, 2.24) is 4.90 Å². The third kappa shape index (κ3) is 2.77. The maximum atomic E-state index is 12.5. The van der Waals surface area contributed by atoms with E-state index in [4.69, 9.17) is 11.6 Å². The summed E-state index contributed by atoms with van der Waals surface area (Å²) in [4.78, 5) is 26.1. The van der Waals surface area contributed by atoms with E-state index in [1.807, 2.05) is 25.1 Å². The number of aryl methyl sites for hydroxylation is 1. The molecule has 0 radical (unpaired) electrons. The molecule has 5 heteroatoms. The first-order valence-electron chi connectivity index (χ1n) is 7.45. The number of carbonyl (C=O) groups excluding carboxylic acids is 2. The zero-order valence-electron chi connectivity index (χ0n) is 12.1. The Kier molecular flexibility index (Phi) is 3.89. The first-order chi connectivity index (χ1) is 10.1. The molecule has 21 heavy (non-hydrogen) atoms. The zero-order chi connectivity index (χ0) is 15.0. The summed E-state index contributed by atoms with van der Waals surface area (Å²) < 4.78 is 0. The fourth-order valence-electron chi connectivity index (χ4n) is 3.23. The Bertz CT molecular complexity index is 582. The summed E-state index contributed by atoms with van der Waals surface area (Å²) in [5, 5.41) is 3.70. The van der Waals surface area contributed by atoms with Crippen LogP contribution in [0.5, 0.6) is 0 Å². The van der Waals surface area contributed by atoms with Crippen molar-refractivity contribution in [2.24, 2.45) is 0 Å². The summed E-state index contributed by atoms with van der Waals surface area (Å²) in [7, 11) is 0. The van der Waals surface area contributed by atoms with Gasteiger partial charge in [-0.25, -0.2) is 0 Å². The van der Waals surface area contributed by atoms with Gasteiger partial charge in [0.15, 0.2) is 0 Å². The Hall–Kier alpha value is -1.55. The van der Waals surface area contributed by atoms with Gasteiger partial charge in [0.05, 0.1) is 17.1 Å². The topological polar surface area (TPSA) is 49.4 Å². The van der Waals surface area contributed by atoms with E-state index in [-0.39, 0.29) is 24.3 Å². The van der Waals surface area contributed by atoms with E-state index in [2.05, 4.69) is 5.32 Å². The van der Waals surface area contributed by atoms with E-state index < -0.39 is 6.04 Å². The van der Waals surface area contributed by atoms with Gasteiger partial charge in [-0.15, -0.1) is 0 Å². The fourth-order valence-corrected chi connectivity index (χ4v) is 3.52. The molecule has 0 bridgehead atoms. The van der Waals surface area contributed by atoms with Crippen molar-refractivity contribution in [1.29, 1.82) is 0 Å². The number of anilines is 1. The normalized spacial score (nSPS) is 23.1. The SMILES string of the molecule is Cc1ccc(NC2CC(=O)N(C3CCCC3)C2=O)c(Cl)c1. The smallest absolute Gasteiger partial charge is 0.252 e. The summed E-state index contributed by atoms with van der Waals surface area (Å²) in [6.07, 6.45) is 4.30. The van der Waals surface area contributed by atoms with Gasteiger partial charge in [-0.2, -0.15) is 0 Å². The lowest BCUT2D eigenvalue weighted by Crippen LogP contribution is -2.41.